The third-order valence-electron chi connectivity index (χ3n) is 3.53. The van der Waals surface area contributed by atoms with Crippen LogP contribution in [-0.4, -0.2) is 24.2 Å². The van der Waals surface area contributed by atoms with E-state index in [1.54, 1.807) is 18.2 Å². The number of para-hydroxylation sites is 1. The Hall–Kier alpha value is -3.02. The quantitative estimate of drug-likeness (QED) is 0.755. The Balaban J connectivity index is 2.07. The van der Waals surface area contributed by atoms with E-state index in [9.17, 15) is 9.59 Å². The number of carboxylic acids is 1. The molecule has 2 aromatic rings. The molecule has 2 rings (SSSR count). The largest absolute Gasteiger partial charge is 0.495 e. The van der Waals surface area contributed by atoms with Crippen LogP contribution in [0.1, 0.15) is 17.5 Å². The van der Waals surface area contributed by atoms with Crippen molar-refractivity contribution in [3.8, 4) is 5.75 Å². The van der Waals surface area contributed by atoms with Crippen LogP contribution in [0.4, 0.5) is 16.2 Å². The van der Waals surface area contributed by atoms with Crippen LogP contribution >= 0.6 is 0 Å². The van der Waals surface area contributed by atoms with Crippen molar-refractivity contribution in [2.75, 3.05) is 17.7 Å². The zero-order valence-electron chi connectivity index (χ0n) is 13.6. The van der Waals surface area contributed by atoms with E-state index in [1.807, 2.05) is 31.2 Å². The van der Waals surface area contributed by atoms with E-state index >= 15 is 0 Å². The molecule has 0 unspecified atom stereocenters. The van der Waals surface area contributed by atoms with Crippen LogP contribution in [-0.2, 0) is 11.2 Å². The molecule has 6 nitrogen and oxygen atoms in total. The number of urea groups is 1. The van der Waals surface area contributed by atoms with Crippen LogP contribution in [0, 0.1) is 6.92 Å². The van der Waals surface area contributed by atoms with Crippen molar-refractivity contribution in [2.24, 2.45) is 0 Å². The number of carbonyl (C=O) groups excluding carboxylic acids is 1. The van der Waals surface area contributed by atoms with Crippen LogP contribution in [0.5, 0.6) is 5.75 Å². The number of rotatable bonds is 6. The Kier molecular flexibility index (Phi) is 5.78. The molecule has 2 amide bonds. The molecule has 0 bridgehead atoms. The summed E-state index contributed by atoms with van der Waals surface area (Å²) in [5, 5.41) is 14.3. The number of amides is 2. The number of nitrogens with one attached hydrogen (secondary N) is 2. The highest BCUT2D eigenvalue weighted by molar-refractivity contribution is 6.01. The van der Waals surface area contributed by atoms with Gasteiger partial charge in [0.05, 0.1) is 12.8 Å². The summed E-state index contributed by atoms with van der Waals surface area (Å²) in [7, 11) is 1.50. The van der Waals surface area contributed by atoms with E-state index in [0.717, 1.165) is 16.8 Å². The lowest BCUT2D eigenvalue weighted by atomic mass is 10.1. The highest BCUT2D eigenvalue weighted by Gasteiger charge is 2.10. The molecular formula is C18H20N2O4. The summed E-state index contributed by atoms with van der Waals surface area (Å²) < 4.78 is 5.28. The second kappa shape index (κ2) is 8.01. The summed E-state index contributed by atoms with van der Waals surface area (Å²) in [6, 6.07) is 12.3. The zero-order chi connectivity index (χ0) is 17.5. The van der Waals surface area contributed by atoms with Gasteiger partial charge in [0.1, 0.15) is 5.75 Å². The van der Waals surface area contributed by atoms with Gasteiger partial charge in [-0.1, -0.05) is 24.3 Å². The summed E-state index contributed by atoms with van der Waals surface area (Å²) in [5.74, 6) is -0.369. The highest BCUT2D eigenvalue weighted by atomic mass is 16.5. The fourth-order valence-corrected chi connectivity index (χ4v) is 2.23. The Morgan fingerprint density at radius 2 is 1.79 bits per heavy atom. The Labute approximate surface area is 140 Å². The van der Waals surface area contributed by atoms with Gasteiger partial charge in [-0.05, 0) is 42.7 Å². The second-order valence-electron chi connectivity index (χ2n) is 5.32. The first-order valence-corrected chi connectivity index (χ1v) is 7.52. The predicted octanol–water partition coefficient (Wildman–Crippen LogP) is 3.66. The van der Waals surface area contributed by atoms with Gasteiger partial charge in [0.25, 0.3) is 0 Å². The normalized spacial score (nSPS) is 10.1. The van der Waals surface area contributed by atoms with Crippen LogP contribution in [0.25, 0.3) is 0 Å². The fourth-order valence-electron chi connectivity index (χ4n) is 2.23. The molecule has 0 saturated heterocycles. The zero-order valence-corrected chi connectivity index (χ0v) is 13.6. The molecule has 0 radical (unpaired) electrons. The summed E-state index contributed by atoms with van der Waals surface area (Å²) in [4.78, 5) is 22.8. The van der Waals surface area contributed by atoms with Crippen LogP contribution in [0.15, 0.2) is 42.5 Å². The first-order chi connectivity index (χ1) is 11.5. The van der Waals surface area contributed by atoms with Gasteiger partial charge in [-0.15, -0.1) is 0 Å². The number of hydrogen-bond acceptors (Lipinski definition) is 3. The fraction of sp³-hybridized carbons (Fsp3) is 0.222. The molecule has 0 aliphatic heterocycles. The van der Waals surface area contributed by atoms with E-state index < -0.39 is 5.97 Å². The van der Waals surface area contributed by atoms with E-state index in [2.05, 4.69) is 10.6 Å². The molecule has 0 aliphatic carbocycles. The highest BCUT2D eigenvalue weighted by Crippen LogP contribution is 2.26. The molecule has 126 valence electrons. The lowest BCUT2D eigenvalue weighted by Crippen LogP contribution is -2.20. The molecule has 0 aromatic heterocycles. The van der Waals surface area contributed by atoms with E-state index in [1.165, 1.54) is 7.11 Å². The topological polar surface area (TPSA) is 87.7 Å². The number of aryl methyl sites for hydroxylation is 2. The first kappa shape index (κ1) is 17.3. The Morgan fingerprint density at radius 3 is 2.46 bits per heavy atom. The molecule has 0 saturated carbocycles. The van der Waals surface area contributed by atoms with Crippen molar-refractivity contribution in [3.63, 3.8) is 0 Å². The summed E-state index contributed by atoms with van der Waals surface area (Å²) in [6.07, 6.45) is 0.449. The van der Waals surface area contributed by atoms with Crippen molar-refractivity contribution < 1.29 is 19.4 Å². The smallest absolute Gasteiger partial charge is 0.323 e. The number of aliphatic carboxylic acids is 1. The van der Waals surface area contributed by atoms with Gasteiger partial charge in [-0.25, -0.2) is 4.79 Å². The maximum Gasteiger partial charge on any atom is 0.323 e. The third-order valence-corrected chi connectivity index (χ3v) is 3.53. The van der Waals surface area contributed by atoms with Gasteiger partial charge in [0.15, 0.2) is 0 Å². The number of carboxylic acid groups (broad SMARTS) is 1. The van der Waals surface area contributed by atoms with Gasteiger partial charge >= 0.3 is 12.0 Å². The molecule has 6 heteroatoms. The number of anilines is 2. The summed E-state index contributed by atoms with van der Waals surface area (Å²) in [6.45, 7) is 1.91. The predicted molar refractivity (Wildman–Crippen MR) is 92.8 cm³/mol. The van der Waals surface area contributed by atoms with Crippen molar-refractivity contribution in [1.82, 2.24) is 0 Å². The van der Waals surface area contributed by atoms with Crippen LogP contribution in [0.2, 0.25) is 0 Å². The average Bonchev–Trinajstić information content (AvgIpc) is 2.56. The maximum atomic E-state index is 12.1. The number of benzene rings is 2. The Morgan fingerprint density at radius 1 is 1.08 bits per heavy atom. The number of carbonyl (C=O) groups is 2. The molecule has 0 spiro atoms. The third kappa shape index (κ3) is 4.74. The van der Waals surface area contributed by atoms with Gasteiger partial charge in [0, 0.05) is 12.1 Å². The van der Waals surface area contributed by atoms with Crippen molar-refractivity contribution in [1.29, 1.82) is 0 Å². The molecule has 2 aromatic carbocycles. The number of hydrogen-bond donors (Lipinski definition) is 3. The minimum absolute atomic E-state index is 0.0453. The Bertz CT molecular complexity index is 744. The molecule has 0 atom stereocenters. The second-order valence-corrected chi connectivity index (χ2v) is 5.32. The van der Waals surface area contributed by atoms with Gasteiger partial charge in [0.2, 0.25) is 0 Å². The minimum atomic E-state index is -0.853. The SMILES string of the molecule is COc1cc(CCC(=O)O)ccc1NC(=O)Nc1ccccc1C. The summed E-state index contributed by atoms with van der Waals surface area (Å²) >= 11 is 0. The first-order valence-electron chi connectivity index (χ1n) is 7.52. The van der Waals surface area contributed by atoms with Crippen molar-refractivity contribution in [2.45, 2.75) is 19.8 Å². The van der Waals surface area contributed by atoms with E-state index in [4.69, 9.17) is 9.84 Å². The summed E-state index contributed by atoms with van der Waals surface area (Å²) in [5.41, 5.74) is 3.04. The van der Waals surface area contributed by atoms with Crippen LogP contribution in [0.3, 0.4) is 0 Å². The van der Waals surface area contributed by atoms with Gasteiger partial charge in [-0.3, -0.25) is 4.79 Å². The van der Waals surface area contributed by atoms with Crippen molar-refractivity contribution >= 4 is 23.4 Å². The molecular weight excluding hydrogens is 308 g/mol. The number of methoxy groups -OCH3 is 1. The van der Waals surface area contributed by atoms with Crippen molar-refractivity contribution in [3.05, 3.63) is 53.6 Å². The number of ether oxygens (including phenoxy) is 1. The standard InChI is InChI=1S/C18H20N2O4/c1-12-5-3-4-6-14(12)19-18(23)20-15-9-7-13(8-10-17(21)22)11-16(15)24-2/h3-7,9,11H,8,10H2,1-2H3,(H,21,22)(H2,19,20,23). The van der Waals surface area contributed by atoms with E-state index in [0.29, 0.717) is 17.9 Å². The molecule has 0 aliphatic rings. The minimum Gasteiger partial charge on any atom is -0.495 e. The molecule has 24 heavy (non-hydrogen) atoms. The molecule has 0 fully saturated rings. The molecule has 0 heterocycles. The molecule has 3 N–H and O–H groups in total. The van der Waals surface area contributed by atoms with E-state index in [-0.39, 0.29) is 12.5 Å². The van der Waals surface area contributed by atoms with Crippen LogP contribution < -0.4 is 15.4 Å². The lowest BCUT2D eigenvalue weighted by molar-refractivity contribution is -0.136. The van der Waals surface area contributed by atoms with Gasteiger partial charge in [-0.2, -0.15) is 0 Å². The maximum absolute atomic E-state index is 12.1. The average molecular weight is 328 g/mol. The lowest BCUT2D eigenvalue weighted by Gasteiger charge is -2.13. The van der Waals surface area contributed by atoms with Gasteiger partial charge < -0.3 is 20.5 Å². The monoisotopic (exact) mass is 328 g/mol.